The smallest absolute Gasteiger partial charge is 0.133 e. The number of hydrogen-bond acceptors (Lipinski definition) is 3. The average molecular weight is 390 g/mol. The molecule has 6 heteroatoms. The number of hydrogen-bond donors (Lipinski definition) is 2. The van der Waals surface area contributed by atoms with E-state index in [1.54, 1.807) is 12.1 Å². The van der Waals surface area contributed by atoms with Crippen LogP contribution in [-0.2, 0) is 0 Å². The molecule has 0 spiro atoms. The van der Waals surface area contributed by atoms with Gasteiger partial charge < -0.3 is 10.2 Å². The third-order valence-corrected chi connectivity index (χ3v) is 5.52. The van der Waals surface area contributed by atoms with Gasteiger partial charge in [0.15, 0.2) is 0 Å². The Kier molecular flexibility index (Phi) is 4.19. The van der Waals surface area contributed by atoms with E-state index in [4.69, 9.17) is 0 Å². The minimum atomic E-state index is -1.04. The van der Waals surface area contributed by atoms with Crippen LogP contribution in [0, 0.1) is 11.7 Å². The predicted molar refractivity (Wildman–Crippen MR) is 109 cm³/mol. The number of nitrogens with zero attached hydrogens (tertiary/aromatic N) is 2. The number of nitrogens with one attached hydrogen (secondary N) is 2. The zero-order valence-electron chi connectivity index (χ0n) is 15.8. The number of aromatic amines is 1. The van der Waals surface area contributed by atoms with E-state index in [1.807, 2.05) is 60.8 Å². The molecule has 3 aliphatic rings. The molecule has 2 N–H and O–H groups in total. The molecule has 2 aromatic rings. The molecule has 2 unspecified atom stereocenters. The Hall–Kier alpha value is -3.41. The Morgan fingerprint density at radius 1 is 1.14 bits per heavy atom. The lowest BCUT2D eigenvalue weighted by molar-refractivity contribution is 0.305. The van der Waals surface area contributed by atoms with E-state index in [0.717, 1.165) is 28.1 Å². The van der Waals surface area contributed by atoms with Gasteiger partial charge >= 0.3 is 0 Å². The van der Waals surface area contributed by atoms with Crippen LogP contribution in [0.2, 0.25) is 0 Å². The lowest BCUT2D eigenvalue weighted by Crippen LogP contribution is -2.34. The highest BCUT2D eigenvalue weighted by Crippen LogP contribution is 2.37. The van der Waals surface area contributed by atoms with Crippen LogP contribution in [0.1, 0.15) is 12.5 Å². The summed E-state index contributed by atoms with van der Waals surface area (Å²) in [6.07, 6.45) is 14.3. The second kappa shape index (κ2) is 6.88. The lowest BCUT2D eigenvalue weighted by Gasteiger charge is -2.31. The van der Waals surface area contributed by atoms with E-state index in [1.165, 1.54) is 12.1 Å². The third-order valence-electron chi connectivity index (χ3n) is 5.52. The van der Waals surface area contributed by atoms with Gasteiger partial charge in [0.05, 0.1) is 11.4 Å². The van der Waals surface area contributed by atoms with Crippen molar-refractivity contribution in [3.8, 4) is 11.3 Å². The van der Waals surface area contributed by atoms with Crippen LogP contribution in [-0.4, -0.2) is 27.4 Å². The van der Waals surface area contributed by atoms with Crippen molar-refractivity contribution >= 4 is 5.57 Å². The third kappa shape index (κ3) is 3.01. The molecule has 4 nitrogen and oxygen atoms in total. The summed E-state index contributed by atoms with van der Waals surface area (Å²) >= 11 is 0. The van der Waals surface area contributed by atoms with E-state index < -0.39 is 6.17 Å². The van der Waals surface area contributed by atoms with Crippen LogP contribution in [0.3, 0.4) is 0 Å². The minimum absolute atomic E-state index is 0.0516. The van der Waals surface area contributed by atoms with Crippen molar-refractivity contribution in [3.05, 3.63) is 95.9 Å². The topological polar surface area (TPSA) is 44.0 Å². The summed E-state index contributed by atoms with van der Waals surface area (Å²) in [6.45, 7) is 1.88. The van der Waals surface area contributed by atoms with Crippen molar-refractivity contribution < 1.29 is 8.78 Å². The fourth-order valence-corrected chi connectivity index (χ4v) is 3.92. The summed E-state index contributed by atoms with van der Waals surface area (Å²) in [6, 6.07) is 6.27. The summed E-state index contributed by atoms with van der Waals surface area (Å²) in [5, 5.41) is 10.6. The molecular formula is C23H20F2N4. The molecule has 146 valence electrons. The van der Waals surface area contributed by atoms with Gasteiger partial charge in [-0.3, -0.25) is 5.10 Å². The molecular weight excluding hydrogens is 370 g/mol. The maximum absolute atomic E-state index is 14.8. The SMILES string of the molecule is C[C@H]1C=CC=C(C2=CNC3C=CC(c4c[nH]nc4-c4ccc(F)cc4)=CN23)C1F. The zero-order valence-corrected chi connectivity index (χ0v) is 15.8. The highest BCUT2D eigenvalue weighted by Gasteiger charge is 2.33. The Bertz CT molecular complexity index is 1090. The van der Waals surface area contributed by atoms with Gasteiger partial charge in [0.25, 0.3) is 0 Å². The first-order chi connectivity index (χ1) is 14.1. The normalized spacial score (nSPS) is 25.3. The number of rotatable bonds is 3. The molecule has 1 aromatic carbocycles. The first-order valence-corrected chi connectivity index (χ1v) is 9.59. The van der Waals surface area contributed by atoms with E-state index in [9.17, 15) is 8.78 Å². The molecule has 2 aliphatic heterocycles. The number of alkyl halides is 1. The molecule has 1 aliphatic carbocycles. The second-order valence-corrected chi connectivity index (χ2v) is 7.41. The van der Waals surface area contributed by atoms with Gasteiger partial charge in [0, 0.05) is 46.8 Å². The molecule has 0 amide bonds. The van der Waals surface area contributed by atoms with Crippen LogP contribution in [0.4, 0.5) is 8.78 Å². The predicted octanol–water partition coefficient (Wildman–Crippen LogP) is 4.67. The van der Waals surface area contributed by atoms with Crippen molar-refractivity contribution in [1.82, 2.24) is 20.4 Å². The minimum Gasteiger partial charge on any atom is -0.366 e. The fourth-order valence-electron chi connectivity index (χ4n) is 3.92. The molecule has 3 heterocycles. The number of aromatic nitrogens is 2. The van der Waals surface area contributed by atoms with Crippen molar-refractivity contribution in [2.24, 2.45) is 5.92 Å². The van der Waals surface area contributed by atoms with Crippen molar-refractivity contribution in [1.29, 1.82) is 0 Å². The molecule has 3 atom stereocenters. The quantitative estimate of drug-likeness (QED) is 0.801. The van der Waals surface area contributed by atoms with Crippen LogP contribution in [0.15, 0.2) is 84.5 Å². The number of benzene rings is 1. The fraction of sp³-hybridized carbons (Fsp3) is 0.174. The molecule has 0 fully saturated rings. The molecule has 0 saturated carbocycles. The summed E-state index contributed by atoms with van der Waals surface area (Å²) in [7, 11) is 0. The van der Waals surface area contributed by atoms with Gasteiger partial charge in [0.2, 0.25) is 0 Å². The van der Waals surface area contributed by atoms with Gasteiger partial charge in [-0.1, -0.05) is 31.2 Å². The van der Waals surface area contributed by atoms with E-state index in [2.05, 4.69) is 15.5 Å². The van der Waals surface area contributed by atoms with Gasteiger partial charge in [-0.25, -0.2) is 8.78 Å². The Balaban J connectivity index is 1.50. The lowest BCUT2D eigenvalue weighted by atomic mass is 9.91. The number of halogens is 2. The number of allylic oxidation sites excluding steroid dienone is 6. The van der Waals surface area contributed by atoms with Crippen LogP contribution in [0.25, 0.3) is 16.8 Å². The van der Waals surface area contributed by atoms with Crippen molar-refractivity contribution in [3.63, 3.8) is 0 Å². The largest absolute Gasteiger partial charge is 0.366 e. The number of fused-ring (bicyclic) bond motifs is 1. The van der Waals surface area contributed by atoms with Crippen LogP contribution < -0.4 is 5.32 Å². The average Bonchev–Trinajstić information content (AvgIpc) is 3.37. The van der Waals surface area contributed by atoms with Gasteiger partial charge in [-0.2, -0.15) is 5.10 Å². The van der Waals surface area contributed by atoms with Gasteiger partial charge in [-0.15, -0.1) is 0 Å². The first kappa shape index (κ1) is 17.7. The van der Waals surface area contributed by atoms with Crippen LogP contribution in [0.5, 0.6) is 0 Å². The molecule has 0 radical (unpaired) electrons. The van der Waals surface area contributed by atoms with Gasteiger partial charge in [-0.05, 0) is 30.3 Å². The van der Waals surface area contributed by atoms with Crippen molar-refractivity contribution in [2.75, 3.05) is 0 Å². The Labute approximate surface area is 167 Å². The molecule has 1 aromatic heterocycles. The Morgan fingerprint density at radius 2 is 1.97 bits per heavy atom. The Morgan fingerprint density at radius 3 is 2.79 bits per heavy atom. The molecule has 29 heavy (non-hydrogen) atoms. The summed E-state index contributed by atoms with van der Waals surface area (Å²) in [4.78, 5) is 2.04. The first-order valence-electron chi connectivity index (χ1n) is 9.59. The van der Waals surface area contributed by atoms with E-state index in [-0.39, 0.29) is 17.9 Å². The standard InChI is InChI=1S/C23H20F2N4/c1-14-3-2-4-18(22(14)25)20-12-26-21-10-7-16(13-29(20)21)19-11-27-28-23(19)15-5-8-17(24)9-6-15/h2-14,21-22,26H,1H3,(H,27,28)/t14-,21?,22?/m0/s1. The van der Waals surface area contributed by atoms with Crippen LogP contribution >= 0.6 is 0 Å². The summed E-state index contributed by atoms with van der Waals surface area (Å²) < 4.78 is 28.1. The van der Waals surface area contributed by atoms with Gasteiger partial charge in [0.1, 0.15) is 18.2 Å². The van der Waals surface area contributed by atoms with E-state index >= 15 is 0 Å². The molecule has 5 rings (SSSR count). The second-order valence-electron chi connectivity index (χ2n) is 7.41. The van der Waals surface area contributed by atoms with Crippen molar-refractivity contribution in [2.45, 2.75) is 19.3 Å². The monoisotopic (exact) mass is 390 g/mol. The highest BCUT2D eigenvalue weighted by atomic mass is 19.1. The zero-order chi connectivity index (χ0) is 20.0. The highest BCUT2D eigenvalue weighted by molar-refractivity contribution is 5.84. The maximum atomic E-state index is 14.8. The van der Waals surface area contributed by atoms with E-state index in [0.29, 0.717) is 5.57 Å². The summed E-state index contributed by atoms with van der Waals surface area (Å²) in [5.74, 6) is -0.439. The molecule has 0 bridgehead atoms. The summed E-state index contributed by atoms with van der Waals surface area (Å²) in [5.41, 5.74) is 4.92. The number of H-pyrrole nitrogens is 1. The molecule has 0 saturated heterocycles. The maximum Gasteiger partial charge on any atom is 0.133 e.